The number of amides is 2. The predicted molar refractivity (Wildman–Crippen MR) is 205 cm³/mol. The van der Waals surface area contributed by atoms with Crippen molar-refractivity contribution in [3.63, 3.8) is 0 Å². The van der Waals surface area contributed by atoms with E-state index in [2.05, 4.69) is 37.3 Å². The van der Waals surface area contributed by atoms with Gasteiger partial charge in [-0.2, -0.15) is 0 Å². The number of fused-ring (bicyclic) bond motifs is 2. The first-order chi connectivity index (χ1) is 24.5. The summed E-state index contributed by atoms with van der Waals surface area (Å²) in [4.78, 5) is 52.9. The largest absolute Gasteiger partial charge is 0.303 e. The highest BCUT2D eigenvalue weighted by molar-refractivity contribution is 6.08. The average Bonchev–Trinajstić information content (AvgIpc) is 3.09. The molecule has 4 aromatic carbocycles. The van der Waals surface area contributed by atoms with Crippen LogP contribution in [0.15, 0.2) is 109 Å². The Morgan fingerprint density at radius 3 is 1.75 bits per heavy atom. The Bertz CT molecular complexity index is 2200. The van der Waals surface area contributed by atoms with Crippen LogP contribution < -0.4 is 9.80 Å². The molecule has 0 saturated heterocycles. The molecule has 0 spiro atoms. The van der Waals surface area contributed by atoms with Crippen LogP contribution in [0.25, 0.3) is 17.7 Å². The standard InChI is InChI=1S/C42H40N4O6/c1-28-26-40(2,3)44(39(48)24-16-30-13-20-33(21-14-30)46(51)52)37-25-31(17-22-34(28)37)42(6)27-41(4,5)43(36-10-8-7-9-35(36)42)38(47)23-15-29-11-18-32(19-12-29)45(49)50/h7-26H,27H2,1-6H3/b23-15+,24-16-/t42-/m0/s1. The second-order valence-corrected chi connectivity index (χ2v) is 14.8. The second kappa shape index (κ2) is 13.2. The topological polar surface area (TPSA) is 127 Å². The molecule has 0 aliphatic carbocycles. The van der Waals surface area contributed by atoms with Gasteiger partial charge in [-0.1, -0.05) is 43.3 Å². The van der Waals surface area contributed by atoms with Crippen LogP contribution >= 0.6 is 0 Å². The SMILES string of the molecule is CC1=CC(C)(C)N(C(=O)/C=C\c2ccc([N+](=O)[O-])cc2)c2cc([C@]3(C)CC(C)(C)N(C(=O)/C=C/c4ccc([N+](=O)[O-])cc4)c4ccccc43)ccc21. The third kappa shape index (κ3) is 6.55. The van der Waals surface area contributed by atoms with Crippen LogP contribution in [0.3, 0.4) is 0 Å². The van der Waals surface area contributed by atoms with Crippen molar-refractivity contribution in [2.75, 3.05) is 9.80 Å². The average molecular weight is 697 g/mol. The van der Waals surface area contributed by atoms with Crippen molar-refractivity contribution in [3.8, 4) is 0 Å². The molecule has 1 atom stereocenters. The summed E-state index contributed by atoms with van der Waals surface area (Å²) in [6, 6.07) is 26.3. The number of anilines is 2. The normalized spacial score (nSPS) is 18.8. The molecule has 2 amide bonds. The van der Waals surface area contributed by atoms with E-state index in [1.165, 1.54) is 36.4 Å². The lowest BCUT2D eigenvalue weighted by atomic mass is 9.65. The fourth-order valence-electron chi connectivity index (χ4n) is 7.85. The van der Waals surface area contributed by atoms with E-state index >= 15 is 0 Å². The summed E-state index contributed by atoms with van der Waals surface area (Å²) in [5, 5.41) is 22.2. The summed E-state index contributed by atoms with van der Waals surface area (Å²) in [6.45, 7) is 12.3. The third-order valence-corrected chi connectivity index (χ3v) is 10.1. The monoisotopic (exact) mass is 696 g/mol. The number of benzene rings is 4. The molecule has 0 fully saturated rings. The minimum absolute atomic E-state index is 0.0167. The number of non-ortho nitro benzene ring substituents is 2. The number of nitrogens with zero attached hydrogens (tertiary/aromatic N) is 4. The molecule has 10 nitrogen and oxygen atoms in total. The molecule has 2 aliphatic heterocycles. The van der Waals surface area contributed by atoms with E-state index < -0.39 is 26.3 Å². The summed E-state index contributed by atoms with van der Waals surface area (Å²) in [5.41, 5.74) is 5.02. The molecule has 0 bridgehead atoms. The molecule has 6 rings (SSSR count). The highest BCUT2D eigenvalue weighted by atomic mass is 16.6. The van der Waals surface area contributed by atoms with Crippen LogP contribution in [0, 0.1) is 20.2 Å². The number of nitro groups is 2. The smallest absolute Gasteiger partial charge is 0.269 e. The van der Waals surface area contributed by atoms with Crippen molar-refractivity contribution in [2.45, 2.75) is 64.5 Å². The van der Waals surface area contributed by atoms with Gasteiger partial charge in [0, 0.05) is 58.6 Å². The molecular weight excluding hydrogens is 656 g/mol. The molecular formula is C42H40N4O6. The van der Waals surface area contributed by atoms with Gasteiger partial charge in [-0.05, 0) is 117 Å². The molecule has 4 aromatic rings. The van der Waals surface area contributed by atoms with Gasteiger partial charge in [0.15, 0.2) is 0 Å². The zero-order chi connectivity index (χ0) is 37.6. The first-order valence-electron chi connectivity index (χ1n) is 17.0. The van der Waals surface area contributed by atoms with Gasteiger partial charge in [-0.3, -0.25) is 34.7 Å². The van der Waals surface area contributed by atoms with Crippen molar-refractivity contribution in [1.29, 1.82) is 0 Å². The highest BCUT2D eigenvalue weighted by Gasteiger charge is 2.48. The molecule has 10 heteroatoms. The minimum Gasteiger partial charge on any atom is -0.303 e. The Balaban J connectivity index is 1.37. The first kappa shape index (κ1) is 35.7. The van der Waals surface area contributed by atoms with E-state index in [-0.39, 0.29) is 23.2 Å². The van der Waals surface area contributed by atoms with Crippen molar-refractivity contribution in [2.24, 2.45) is 0 Å². The number of nitro benzene ring substituents is 2. The maximum Gasteiger partial charge on any atom is 0.269 e. The number of carbonyl (C=O) groups excluding carboxylic acids is 2. The Kier molecular flexibility index (Phi) is 9.04. The molecule has 0 aromatic heterocycles. The Morgan fingerprint density at radius 1 is 0.692 bits per heavy atom. The number of hydrogen-bond donors (Lipinski definition) is 0. The maximum atomic E-state index is 14.1. The van der Waals surface area contributed by atoms with Gasteiger partial charge in [-0.15, -0.1) is 0 Å². The lowest BCUT2D eigenvalue weighted by Gasteiger charge is -2.51. The molecule has 0 unspecified atom stereocenters. The van der Waals surface area contributed by atoms with Crippen molar-refractivity contribution in [3.05, 3.63) is 157 Å². The van der Waals surface area contributed by atoms with Gasteiger partial charge in [0.2, 0.25) is 0 Å². The van der Waals surface area contributed by atoms with E-state index in [9.17, 15) is 29.8 Å². The fourth-order valence-corrected chi connectivity index (χ4v) is 7.85. The number of rotatable bonds is 7. The predicted octanol–water partition coefficient (Wildman–Crippen LogP) is 9.28. The molecule has 2 aliphatic rings. The number of carbonyl (C=O) groups is 2. The van der Waals surface area contributed by atoms with Crippen LogP contribution in [0.2, 0.25) is 0 Å². The van der Waals surface area contributed by atoms with Crippen LogP contribution in [0.5, 0.6) is 0 Å². The summed E-state index contributed by atoms with van der Waals surface area (Å²) in [7, 11) is 0. The molecule has 0 saturated carbocycles. The van der Waals surface area contributed by atoms with Crippen molar-refractivity contribution < 1.29 is 19.4 Å². The molecule has 0 N–H and O–H groups in total. The number of hydrogen-bond acceptors (Lipinski definition) is 6. The zero-order valence-electron chi connectivity index (χ0n) is 30.0. The molecule has 264 valence electrons. The quantitative estimate of drug-likeness (QED) is 0.108. The first-order valence-corrected chi connectivity index (χ1v) is 17.0. The molecule has 52 heavy (non-hydrogen) atoms. The van der Waals surface area contributed by atoms with E-state index in [1.54, 1.807) is 41.3 Å². The van der Waals surface area contributed by atoms with Gasteiger partial charge in [0.25, 0.3) is 23.2 Å². The number of para-hydroxylation sites is 1. The van der Waals surface area contributed by atoms with Crippen LogP contribution in [-0.4, -0.2) is 32.7 Å². The zero-order valence-corrected chi connectivity index (χ0v) is 30.0. The maximum absolute atomic E-state index is 14.1. The fraction of sp³-hybridized carbons (Fsp3) is 0.238. The summed E-state index contributed by atoms with van der Waals surface area (Å²) >= 11 is 0. The van der Waals surface area contributed by atoms with Gasteiger partial charge in [0.05, 0.1) is 21.1 Å². The van der Waals surface area contributed by atoms with Crippen molar-refractivity contribution in [1.82, 2.24) is 0 Å². The lowest BCUT2D eigenvalue weighted by Crippen LogP contribution is -2.55. The minimum atomic E-state index is -0.656. The summed E-state index contributed by atoms with van der Waals surface area (Å²) in [5.74, 6) is -0.431. The lowest BCUT2D eigenvalue weighted by molar-refractivity contribution is -0.385. The number of allylic oxidation sites excluding steroid dienone is 1. The van der Waals surface area contributed by atoms with E-state index in [4.69, 9.17) is 0 Å². The molecule has 0 radical (unpaired) electrons. The molecule has 2 heterocycles. The van der Waals surface area contributed by atoms with Crippen LogP contribution in [0.4, 0.5) is 22.7 Å². The van der Waals surface area contributed by atoms with Gasteiger partial charge in [-0.25, -0.2) is 0 Å². The van der Waals surface area contributed by atoms with E-state index in [0.717, 1.165) is 33.6 Å². The van der Waals surface area contributed by atoms with Crippen LogP contribution in [0.1, 0.15) is 75.8 Å². The second-order valence-electron chi connectivity index (χ2n) is 14.8. The van der Waals surface area contributed by atoms with Gasteiger partial charge < -0.3 is 4.90 Å². The van der Waals surface area contributed by atoms with Gasteiger partial charge in [0.1, 0.15) is 0 Å². The third-order valence-electron chi connectivity index (χ3n) is 10.1. The Labute approximate surface area is 302 Å². The summed E-state index contributed by atoms with van der Waals surface area (Å²) < 4.78 is 0. The van der Waals surface area contributed by atoms with Gasteiger partial charge >= 0.3 is 0 Å². The Morgan fingerprint density at radius 2 is 1.21 bits per heavy atom. The van der Waals surface area contributed by atoms with E-state index in [0.29, 0.717) is 17.5 Å². The van der Waals surface area contributed by atoms with E-state index in [1.807, 2.05) is 57.7 Å². The summed E-state index contributed by atoms with van der Waals surface area (Å²) in [6.07, 6.45) is 9.01. The van der Waals surface area contributed by atoms with Crippen LogP contribution in [-0.2, 0) is 15.0 Å². The Hall–Kier alpha value is -6.16. The highest BCUT2D eigenvalue weighted by Crippen LogP contribution is 2.52. The van der Waals surface area contributed by atoms with Crippen molar-refractivity contribution >= 4 is 52.3 Å².